The Labute approximate surface area is 121 Å². The van der Waals surface area contributed by atoms with Crippen LogP contribution in [-0.4, -0.2) is 43.8 Å². The first-order valence-corrected chi connectivity index (χ1v) is 7.56. The molecule has 1 aromatic rings. The van der Waals surface area contributed by atoms with E-state index in [-0.39, 0.29) is 0 Å². The van der Waals surface area contributed by atoms with Crippen molar-refractivity contribution in [1.82, 2.24) is 9.97 Å². The maximum Gasteiger partial charge on any atom is 0.134 e. The third-order valence-electron chi connectivity index (χ3n) is 3.83. The van der Waals surface area contributed by atoms with Gasteiger partial charge in [0.1, 0.15) is 17.5 Å². The highest BCUT2D eigenvalue weighted by Crippen LogP contribution is 2.23. The highest BCUT2D eigenvalue weighted by Gasteiger charge is 2.20. The molecule has 0 radical (unpaired) electrons. The van der Waals surface area contributed by atoms with Crippen molar-refractivity contribution in [2.24, 2.45) is 5.92 Å². The zero-order chi connectivity index (χ0) is 14.4. The summed E-state index contributed by atoms with van der Waals surface area (Å²) in [6.45, 7) is 5.14. The fourth-order valence-corrected chi connectivity index (χ4v) is 2.67. The van der Waals surface area contributed by atoms with E-state index in [0.717, 1.165) is 50.0 Å². The van der Waals surface area contributed by atoms with Crippen molar-refractivity contribution < 1.29 is 4.74 Å². The molecular weight excluding hydrogens is 252 g/mol. The Morgan fingerprint density at radius 1 is 1.35 bits per heavy atom. The van der Waals surface area contributed by atoms with Gasteiger partial charge in [-0.15, -0.1) is 0 Å². The summed E-state index contributed by atoms with van der Waals surface area (Å²) in [5.41, 5.74) is 0. The number of nitrogens with zero attached hydrogens (tertiary/aromatic N) is 3. The standard InChI is InChI=1S/C15H26N4O/c1-4-5-13-17-14(16-2)10-15(18-13)19-8-6-12(7-9-19)11-20-3/h10,12H,4-9,11H2,1-3H3,(H,16,17,18). The number of aryl methyl sites for hydroxylation is 1. The smallest absolute Gasteiger partial charge is 0.134 e. The normalized spacial score (nSPS) is 16.4. The van der Waals surface area contributed by atoms with Crippen LogP contribution in [0.2, 0.25) is 0 Å². The Hall–Kier alpha value is -1.36. The molecule has 1 N–H and O–H groups in total. The molecule has 20 heavy (non-hydrogen) atoms. The summed E-state index contributed by atoms with van der Waals surface area (Å²) in [7, 11) is 3.69. The van der Waals surface area contributed by atoms with E-state index in [1.54, 1.807) is 7.11 Å². The van der Waals surface area contributed by atoms with Crippen molar-refractivity contribution in [3.05, 3.63) is 11.9 Å². The lowest BCUT2D eigenvalue weighted by Crippen LogP contribution is -2.35. The SMILES string of the molecule is CCCc1nc(NC)cc(N2CCC(COC)CC2)n1. The number of piperidine rings is 1. The first-order chi connectivity index (χ1) is 9.76. The Balaban J connectivity index is 2.06. The first-order valence-electron chi connectivity index (χ1n) is 7.56. The number of methoxy groups -OCH3 is 1. The maximum atomic E-state index is 5.26. The molecule has 2 heterocycles. The summed E-state index contributed by atoms with van der Waals surface area (Å²) in [4.78, 5) is 11.6. The predicted octanol–water partition coefficient (Wildman–Crippen LogP) is 2.33. The zero-order valence-electron chi connectivity index (χ0n) is 12.9. The zero-order valence-corrected chi connectivity index (χ0v) is 12.9. The van der Waals surface area contributed by atoms with Gasteiger partial charge in [0.25, 0.3) is 0 Å². The fraction of sp³-hybridized carbons (Fsp3) is 0.733. The Morgan fingerprint density at radius 2 is 2.10 bits per heavy atom. The van der Waals surface area contributed by atoms with Crippen LogP contribution in [0.1, 0.15) is 32.0 Å². The molecule has 1 aromatic heterocycles. The topological polar surface area (TPSA) is 50.3 Å². The van der Waals surface area contributed by atoms with E-state index in [9.17, 15) is 0 Å². The lowest BCUT2D eigenvalue weighted by atomic mass is 9.98. The van der Waals surface area contributed by atoms with Crippen LogP contribution in [0.3, 0.4) is 0 Å². The lowest BCUT2D eigenvalue weighted by molar-refractivity contribution is 0.139. The van der Waals surface area contributed by atoms with Gasteiger partial charge in [0.2, 0.25) is 0 Å². The third-order valence-corrected chi connectivity index (χ3v) is 3.83. The molecule has 5 nitrogen and oxygen atoms in total. The number of aromatic nitrogens is 2. The molecule has 0 saturated carbocycles. The van der Waals surface area contributed by atoms with E-state index in [1.807, 2.05) is 7.05 Å². The Morgan fingerprint density at radius 3 is 2.70 bits per heavy atom. The van der Waals surface area contributed by atoms with Gasteiger partial charge in [0.05, 0.1) is 0 Å². The van der Waals surface area contributed by atoms with E-state index in [0.29, 0.717) is 5.92 Å². The quantitative estimate of drug-likeness (QED) is 0.865. The van der Waals surface area contributed by atoms with Crippen molar-refractivity contribution >= 4 is 11.6 Å². The molecule has 2 rings (SSSR count). The minimum absolute atomic E-state index is 0.692. The summed E-state index contributed by atoms with van der Waals surface area (Å²) in [5, 5.41) is 3.14. The van der Waals surface area contributed by atoms with Gasteiger partial charge in [-0.05, 0) is 25.2 Å². The van der Waals surface area contributed by atoms with E-state index < -0.39 is 0 Å². The van der Waals surface area contributed by atoms with Gasteiger partial charge in [-0.25, -0.2) is 9.97 Å². The third kappa shape index (κ3) is 3.82. The second kappa shape index (κ2) is 7.43. The number of anilines is 2. The second-order valence-corrected chi connectivity index (χ2v) is 5.41. The lowest BCUT2D eigenvalue weighted by Gasteiger charge is -2.32. The predicted molar refractivity (Wildman–Crippen MR) is 82.4 cm³/mol. The second-order valence-electron chi connectivity index (χ2n) is 5.41. The first kappa shape index (κ1) is 15.0. The molecular formula is C15H26N4O. The number of nitrogens with one attached hydrogen (secondary N) is 1. The van der Waals surface area contributed by atoms with Crippen molar-refractivity contribution in [2.45, 2.75) is 32.6 Å². The van der Waals surface area contributed by atoms with Gasteiger partial charge < -0.3 is 15.0 Å². The Bertz CT molecular complexity index is 416. The molecule has 0 amide bonds. The minimum atomic E-state index is 0.692. The molecule has 112 valence electrons. The van der Waals surface area contributed by atoms with Crippen LogP contribution in [-0.2, 0) is 11.2 Å². The molecule has 5 heteroatoms. The summed E-state index contributed by atoms with van der Waals surface area (Å²) in [5.74, 6) is 3.60. The fourth-order valence-electron chi connectivity index (χ4n) is 2.67. The monoisotopic (exact) mass is 278 g/mol. The van der Waals surface area contributed by atoms with E-state index in [2.05, 4.69) is 28.2 Å². The van der Waals surface area contributed by atoms with Crippen molar-refractivity contribution in [3.63, 3.8) is 0 Å². The molecule has 1 saturated heterocycles. The van der Waals surface area contributed by atoms with Crippen LogP contribution in [0.15, 0.2) is 6.07 Å². The van der Waals surface area contributed by atoms with Crippen molar-refractivity contribution in [3.8, 4) is 0 Å². The average Bonchev–Trinajstić information content (AvgIpc) is 2.48. The summed E-state index contributed by atoms with van der Waals surface area (Å²) in [6, 6.07) is 2.05. The number of hydrogen-bond donors (Lipinski definition) is 1. The summed E-state index contributed by atoms with van der Waals surface area (Å²) >= 11 is 0. The van der Waals surface area contributed by atoms with Crippen LogP contribution in [0.5, 0.6) is 0 Å². The molecule has 0 spiro atoms. The molecule has 0 unspecified atom stereocenters. The molecule has 1 aliphatic heterocycles. The number of hydrogen-bond acceptors (Lipinski definition) is 5. The van der Waals surface area contributed by atoms with Gasteiger partial charge in [-0.2, -0.15) is 0 Å². The van der Waals surface area contributed by atoms with Gasteiger partial charge in [-0.1, -0.05) is 6.92 Å². The summed E-state index contributed by atoms with van der Waals surface area (Å²) in [6.07, 6.45) is 4.36. The molecule has 0 aliphatic carbocycles. The summed E-state index contributed by atoms with van der Waals surface area (Å²) < 4.78 is 5.26. The molecule has 0 bridgehead atoms. The molecule has 0 atom stereocenters. The van der Waals surface area contributed by atoms with Crippen LogP contribution in [0, 0.1) is 5.92 Å². The number of rotatable bonds is 6. The van der Waals surface area contributed by atoms with E-state index in [4.69, 9.17) is 9.72 Å². The largest absolute Gasteiger partial charge is 0.384 e. The van der Waals surface area contributed by atoms with Gasteiger partial charge in [0.15, 0.2) is 0 Å². The number of ether oxygens (including phenoxy) is 1. The van der Waals surface area contributed by atoms with Crippen LogP contribution in [0.4, 0.5) is 11.6 Å². The van der Waals surface area contributed by atoms with E-state index >= 15 is 0 Å². The molecule has 1 fully saturated rings. The highest BCUT2D eigenvalue weighted by molar-refractivity contribution is 5.49. The molecule has 1 aliphatic rings. The maximum absolute atomic E-state index is 5.26. The van der Waals surface area contributed by atoms with E-state index in [1.165, 1.54) is 12.8 Å². The van der Waals surface area contributed by atoms with Crippen LogP contribution < -0.4 is 10.2 Å². The highest BCUT2D eigenvalue weighted by atomic mass is 16.5. The van der Waals surface area contributed by atoms with Crippen LogP contribution >= 0.6 is 0 Å². The van der Waals surface area contributed by atoms with Gasteiger partial charge in [0, 0.05) is 46.3 Å². The van der Waals surface area contributed by atoms with Gasteiger partial charge in [-0.3, -0.25) is 0 Å². The minimum Gasteiger partial charge on any atom is -0.384 e. The Kier molecular flexibility index (Phi) is 5.59. The molecule has 0 aromatic carbocycles. The van der Waals surface area contributed by atoms with Crippen LogP contribution in [0.25, 0.3) is 0 Å². The van der Waals surface area contributed by atoms with Crippen molar-refractivity contribution in [1.29, 1.82) is 0 Å². The van der Waals surface area contributed by atoms with Gasteiger partial charge >= 0.3 is 0 Å². The average molecular weight is 278 g/mol. The van der Waals surface area contributed by atoms with Crippen molar-refractivity contribution in [2.75, 3.05) is 44.1 Å².